The van der Waals surface area contributed by atoms with E-state index in [0.29, 0.717) is 19.6 Å². The van der Waals surface area contributed by atoms with Gasteiger partial charge in [-0.15, -0.1) is 0 Å². The number of anilines is 1. The molecule has 1 aromatic carbocycles. The Labute approximate surface area is 114 Å². The number of fused-ring (bicyclic) bond motifs is 1. The summed E-state index contributed by atoms with van der Waals surface area (Å²) in [4.78, 5) is 14.2. The monoisotopic (exact) mass is 263 g/mol. The average molecular weight is 263 g/mol. The zero-order valence-corrected chi connectivity index (χ0v) is 11.6. The van der Waals surface area contributed by atoms with Crippen molar-refractivity contribution in [2.75, 3.05) is 25.2 Å². The van der Waals surface area contributed by atoms with E-state index in [-0.39, 0.29) is 11.9 Å². The van der Waals surface area contributed by atoms with Crippen LogP contribution < -0.4 is 9.64 Å². The average Bonchev–Trinajstić information content (AvgIpc) is 2.43. The Hall–Kier alpha value is -1.55. The van der Waals surface area contributed by atoms with E-state index in [0.717, 1.165) is 24.3 Å². The van der Waals surface area contributed by atoms with Gasteiger partial charge in [0.1, 0.15) is 12.4 Å². The Bertz CT molecular complexity index is 433. The molecule has 0 unspecified atom stereocenters. The summed E-state index contributed by atoms with van der Waals surface area (Å²) in [6, 6.07) is 7.80. The van der Waals surface area contributed by atoms with Gasteiger partial charge in [-0.25, -0.2) is 0 Å². The van der Waals surface area contributed by atoms with Crippen molar-refractivity contribution in [3.8, 4) is 5.75 Å². The van der Waals surface area contributed by atoms with Gasteiger partial charge in [0.15, 0.2) is 0 Å². The van der Waals surface area contributed by atoms with Crippen molar-refractivity contribution in [2.24, 2.45) is 0 Å². The van der Waals surface area contributed by atoms with Crippen molar-refractivity contribution < 1.29 is 14.3 Å². The molecule has 2 rings (SSSR count). The lowest BCUT2D eigenvalue weighted by Gasteiger charge is -2.35. The number of carbonyl (C=O) groups excluding carboxylic acids is 1. The number of carbonyl (C=O) groups is 1. The summed E-state index contributed by atoms with van der Waals surface area (Å²) in [5.41, 5.74) is 0.887. The minimum atomic E-state index is 0.0878. The summed E-state index contributed by atoms with van der Waals surface area (Å²) < 4.78 is 10.6. The van der Waals surface area contributed by atoms with Crippen LogP contribution in [0.1, 0.15) is 26.2 Å². The van der Waals surface area contributed by atoms with Crippen LogP contribution in [0.15, 0.2) is 24.3 Å². The number of rotatable bonds is 5. The third-order valence-electron chi connectivity index (χ3n) is 3.30. The molecule has 0 bridgehead atoms. The largest absolute Gasteiger partial charge is 0.489 e. The van der Waals surface area contributed by atoms with Gasteiger partial charge in [-0.1, -0.05) is 12.1 Å². The summed E-state index contributed by atoms with van der Waals surface area (Å²) in [7, 11) is 1.68. The molecule has 1 atom stereocenters. The first-order chi connectivity index (χ1) is 9.24. The lowest BCUT2D eigenvalue weighted by Crippen LogP contribution is -2.45. The van der Waals surface area contributed by atoms with Crippen molar-refractivity contribution >= 4 is 11.6 Å². The molecule has 0 saturated carbocycles. The smallest absolute Gasteiger partial charge is 0.227 e. The molecule has 4 heteroatoms. The Morgan fingerprint density at radius 1 is 1.42 bits per heavy atom. The van der Waals surface area contributed by atoms with E-state index in [2.05, 4.69) is 0 Å². The molecule has 1 amide bonds. The normalized spacial score (nSPS) is 17.8. The number of amides is 1. The molecule has 0 spiro atoms. The maximum absolute atomic E-state index is 12.4. The highest BCUT2D eigenvalue weighted by Gasteiger charge is 2.28. The second-order valence-electron chi connectivity index (χ2n) is 4.84. The lowest BCUT2D eigenvalue weighted by molar-refractivity contribution is -0.119. The molecule has 0 fully saturated rings. The molecular weight excluding hydrogens is 242 g/mol. The first-order valence-corrected chi connectivity index (χ1v) is 6.77. The number of hydrogen-bond acceptors (Lipinski definition) is 3. The molecule has 0 radical (unpaired) electrons. The molecule has 0 aliphatic carbocycles. The Balaban J connectivity index is 2.04. The van der Waals surface area contributed by atoms with Crippen molar-refractivity contribution in [3.63, 3.8) is 0 Å². The molecule has 1 aliphatic rings. The van der Waals surface area contributed by atoms with Gasteiger partial charge in [-0.3, -0.25) is 4.79 Å². The molecule has 0 aromatic heterocycles. The van der Waals surface area contributed by atoms with Gasteiger partial charge in [0.05, 0.1) is 11.7 Å². The molecule has 104 valence electrons. The molecule has 0 N–H and O–H groups in total. The summed E-state index contributed by atoms with van der Waals surface area (Å²) >= 11 is 0. The molecular formula is C15H21NO3. The van der Waals surface area contributed by atoms with Gasteiger partial charge in [-0.2, -0.15) is 0 Å². The van der Waals surface area contributed by atoms with Gasteiger partial charge in [-0.05, 0) is 31.9 Å². The predicted molar refractivity (Wildman–Crippen MR) is 74.6 cm³/mol. The number of ether oxygens (including phenoxy) is 2. The van der Waals surface area contributed by atoms with E-state index in [9.17, 15) is 4.79 Å². The Morgan fingerprint density at radius 2 is 2.21 bits per heavy atom. The minimum absolute atomic E-state index is 0.0878. The van der Waals surface area contributed by atoms with E-state index >= 15 is 0 Å². The Kier molecular flexibility index (Phi) is 4.80. The second kappa shape index (κ2) is 6.57. The first kappa shape index (κ1) is 13.9. The third kappa shape index (κ3) is 3.26. The highest BCUT2D eigenvalue weighted by molar-refractivity contribution is 5.95. The van der Waals surface area contributed by atoms with Gasteiger partial charge in [0.2, 0.25) is 5.91 Å². The van der Waals surface area contributed by atoms with E-state index in [1.54, 1.807) is 7.11 Å². The SMILES string of the molecule is COCCCCC(=O)N1c2ccccc2OC[C@@H]1C. The topological polar surface area (TPSA) is 38.8 Å². The fourth-order valence-electron chi connectivity index (χ4n) is 2.32. The van der Waals surface area contributed by atoms with Crippen LogP contribution in [0.4, 0.5) is 5.69 Å². The van der Waals surface area contributed by atoms with Crippen molar-refractivity contribution in [1.29, 1.82) is 0 Å². The van der Waals surface area contributed by atoms with Gasteiger partial charge >= 0.3 is 0 Å². The van der Waals surface area contributed by atoms with Crippen LogP contribution in [0.3, 0.4) is 0 Å². The lowest BCUT2D eigenvalue weighted by atomic mass is 10.1. The van der Waals surface area contributed by atoms with E-state index in [1.165, 1.54) is 0 Å². The van der Waals surface area contributed by atoms with Crippen LogP contribution in [0.2, 0.25) is 0 Å². The van der Waals surface area contributed by atoms with Crippen LogP contribution in [0, 0.1) is 0 Å². The van der Waals surface area contributed by atoms with Crippen LogP contribution in [0.25, 0.3) is 0 Å². The molecule has 1 aromatic rings. The number of para-hydroxylation sites is 2. The van der Waals surface area contributed by atoms with Crippen LogP contribution in [0.5, 0.6) is 5.75 Å². The number of nitrogens with zero attached hydrogens (tertiary/aromatic N) is 1. The fourth-order valence-corrected chi connectivity index (χ4v) is 2.32. The summed E-state index contributed by atoms with van der Waals surface area (Å²) in [5, 5.41) is 0. The summed E-state index contributed by atoms with van der Waals surface area (Å²) in [6.45, 7) is 3.28. The summed E-state index contributed by atoms with van der Waals surface area (Å²) in [5.74, 6) is 0.963. The molecule has 4 nitrogen and oxygen atoms in total. The Morgan fingerprint density at radius 3 is 3.00 bits per heavy atom. The van der Waals surface area contributed by atoms with Gasteiger partial charge in [0, 0.05) is 20.1 Å². The summed E-state index contributed by atoms with van der Waals surface area (Å²) in [6.07, 6.45) is 2.34. The van der Waals surface area contributed by atoms with Crippen molar-refractivity contribution in [1.82, 2.24) is 0 Å². The first-order valence-electron chi connectivity index (χ1n) is 6.77. The van der Waals surface area contributed by atoms with Crippen LogP contribution in [-0.4, -0.2) is 32.3 Å². The zero-order valence-electron chi connectivity index (χ0n) is 11.6. The van der Waals surface area contributed by atoms with Crippen molar-refractivity contribution in [3.05, 3.63) is 24.3 Å². The number of unbranched alkanes of at least 4 members (excludes halogenated alkanes) is 1. The van der Waals surface area contributed by atoms with E-state index in [4.69, 9.17) is 9.47 Å². The van der Waals surface area contributed by atoms with E-state index in [1.807, 2.05) is 36.1 Å². The highest BCUT2D eigenvalue weighted by atomic mass is 16.5. The third-order valence-corrected chi connectivity index (χ3v) is 3.30. The molecule has 1 aliphatic heterocycles. The molecule has 1 heterocycles. The highest BCUT2D eigenvalue weighted by Crippen LogP contribution is 2.33. The predicted octanol–water partition coefficient (Wildman–Crippen LogP) is 2.62. The zero-order chi connectivity index (χ0) is 13.7. The maximum atomic E-state index is 12.4. The number of hydrogen-bond donors (Lipinski definition) is 0. The van der Waals surface area contributed by atoms with Gasteiger partial charge < -0.3 is 14.4 Å². The molecule has 19 heavy (non-hydrogen) atoms. The quantitative estimate of drug-likeness (QED) is 0.766. The molecule has 0 saturated heterocycles. The standard InChI is InChI=1S/C15H21NO3/c1-12-11-19-14-8-4-3-7-13(14)16(12)15(17)9-5-6-10-18-2/h3-4,7-8,12H,5-6,9-11H2,1-2H3/t12-/m0/s1. The second-order valence-corrected chi connectivity index (χ2v) is 4.84. The fraction of sp³-hybridized carbons (Fsp3) is 0.533. The van der Waals surface area contributed by atoms with E-state index < -0.39 is 0 Å². The van der Waals surface area contributed by atoms with Crippen LogP contribution in [-0.2, 0) is 9.53 Å². The number of benzene rings is 1. The van der Waals surface area contributed by atoms with Crippen LogP contribution >= 0.6 is 0 Å². The van der Waals surface area contributed by atoms with Gasteiger partial charge in [0.25, 0.3) is 0 Å². The number of methoxy groups -OCH3 is 1. The van der Waals surface area contributed by atoms with Crippen molar-refractivity contribution in [2.45, 2.75) is 32.2 Å². The minimum Gasteiger partial charge on any atom is -0.489 e. The maximum Gasteiger partial charge on any atom is 0.227 e.